The number of piperazine rings is 1. The van der Waals surface area contributed by atoms with E-state index in [4.69, 9.17) is 0 Å². The fourth-order valence-corrected chi connectivity index (χ4v) is 2.35. The molecule has 8 heteroatoms. The van der Waals surface area contributed by atoms with Crippen LogP contribution in [0.1, 0.15) is 6.92 Å². The van der Waals surface area contributed by atoms with E-state index in [-0.39, 0.29) is 18.1 Å². The van der Waals surface area contributed by atoms with Gasteiger partial charge in [-0.15, -0.1) is 0 Å². The second-order valence-corrected chi connectivity index (χ2v) is 5.23. The minimum atomic E-state index is -1.08. The standard InChI is InChI=1S/C15H17F2N3O3/c1-11(22)20(12-2-3-13(16)14(17)8-12)9-15(23)19-6-4-18(10-21)5-7-19/h2-3,8,10H,4-7,9H2,1H3. The van der Waals surface area contributed by atoms with Gasteiger partial charge in [-0.3, -0.25) is 14.4 Å². The Morgan fingerprint density at radius 3 is 2.35 bits per heavy atom. The van der Waals surface area contributed by atoms with Crippen LogP contribution in [0.4, 0.5) is 14.5 Å². The fourth-order valence-electron chi connectivity index (χ4n) is 2.35. The van der Waals surface area contributed by atoms with Gasteiger partial charge in [-0.25, -0.2) is 8.78 Å². The Hall–Kier alpha value is -2.51. The number of carbonyl (C=O) groups excluding carboxylic acids is 3. The first-order valence-corrected chi connectivity index (χ1v) is 7.12. The van der Waals surface area contributed by atoms with Gasteiger partial charge in [0.05, 0.1) is 0 Å². The Morgan fingerprint density at radius 2 is 1.83 bits per heavy atom. The zero-order valence-electron chi connectivity index (χ0n) is 12.7. The predicted octanol–water partition coefficient (Wildman–Crippen LogP) is 0.618. The van der Waals surface area contributed by atoms with Crippen LogP contribution in [0.5, 0.6) is 0 Å². The Morgan fingerprint density at radius 1 is 1.17 bits per heavy atom. The van der Waals surface area contributed by atoms with Crippen molar-refractivity contribution >= 4 is 23.9 Å². The molecule has 3 amide bonds. The highest BCUT2D eigenvalue weighted by atomic mass is 19.2. The van der Waals surface area contributed by atoms with Crippen LogP contribution >= 0.6 is 0 Å². The summed E-state index contributed by atoms with van der Waals surface area (Å²) in [4.78, 5) is 38.9. The van der Waals surface area contributed by atoms with E-state index < -0.39 is 17.5 Å². The van der Waals surface area contributed by atoms with Gasteiger partial charge in [0.15, 0.2) is 11.6 Å². The van der Waals surface area contributed by atoms with E-state index in [0.29, 0.717) is 26.2 Å². The van der Waals surface area contributed by atoms with Gasteiger partial charge in [0.2, 0.25) is 18.2 Å². The van der Waals surface area contributed by atoms with Crippen molar-refractivity contribution in [2.45, 2.75) is 6.92 Å². The lowest BCUT2D eigenvalue weighted by molar-refractivity contribution is -0.134. The van der Waals surface area contributed by atoms with Crippen molar-refractivity contribution in [3.63, 3.8) is 0 Å². The number of carbonyl (C=O) groups is 3. The Balaban J connectivity index is 2.07. The van der Waals surface area contributed by atoms with Gasteiger partial charge in [-0.1, -0.05) is 0 Å². The molecule has 0 aromatic heterocycles. The van der Waals surface area contributed by atoms with Crippen molar-refractivity contribution in [1.29, 1.82) is 0 Å². The Labute approximate surface area is 132 Å². The maximum Gasteiger partial charge on any atom is 0.242 e. The van der Waals surface area contributed by atoms with E-state index in [2.05, 4.69) is 0 Å². The smallest absolute Gasteiger partial charge is 0.242 e. The first-order chi connectivity index (χ1) is 10.9. The summed E-state index contributed by atoms with van der Waals surface area (Å²) >= 11 is 0. The summed E-state index contributed by atoms with van der Waals surface area (Å²) in [5, 5.41) is 0. The SMILES string of the molecule is CC(=O)N(CC(=O)N1CCN(C=O)CC1)c1ccc(F)c(F)c1. The quantitative estimate of drug-likeness (QED) is 0.763. The van der Waals surface area contributed by atoms with Crippen molar-refractivity contribution in [3.8, 4) is 0 Å². The Kier molecular flexibility index (Phi) is 5.25. The summed E-state index contributed by atoms with van der Waals surface area (Å²) in [6, 6.07) is 3.04. The molecule has 1 aliphatic heterocycles. The largest absolute Gasteiger partial charge is 0.342 e. The summed E-state index contributed by atoms with van der Waals surface area (Å²) in [7, 11) is 0. The van der Waals surface area contributed by atoms with Crippen LogP contribution < -0.4 is 4.90 Å². The molecule has 1 aliphatic rings. The molecule has 1 fully saturated rings. The number of hydrogen-bond donors (Lipinski definition) is 0. The van der Waals surface area contributed by atoms with Crippen LogP contribution in [-0.2, 0) is 14.4 Å². The molecule has 0 N–H and O–H groups in total. The molecule has 0 bridgehead atoms. The van der Waals surface area contributed by atoms with E-state index in [1.54, 1.807) is 4.90 Å². The zero-order chi connectivity index (χ0) is 17.0. The summed E-state index contributed by atoms with van der Waals surface area (Å²) in [5.41, 5.74) is 0.122. The van der Waals surface area contributed by atoms with Crippen LogP contribution in [-0.4, -0.2) is 60.7 Å². The highest BCUT2D eigenvalue weighted by molar-refractivity contribution is 5.97. The maximum atomic E-state index is 13.3. The molecule has 6 nitrogen and oxygen atoms in total. The van der Waals surface area contributed by atoms with E-state index in [1.165, 1.54) is 17.9 Å². The lowest BCUT2D eigenvalue weighted by Crippen LogP contribution is -2.51. The highest BCUT2D eigenvalue weighted by Gasteiger charge is 2.24. The number of benzene rings is 1. The van der Waals surface area contributed by atoms with Crippen molar-refractivity contribution in [3.05, 3.63) is 29.8 Å². The molecule has 23 heavy (non-hydrogen) atoms. The van der Waals surface area contributed by atoms with Crippen molar-refractivity contribution < 1.29 is 23.2 Å². The van der Waals surface area contributed by atoms with E-state index >= 15 is 0 Å². The first-order valence-electron chi connectivity index (χ1n) is 7.12. The average molecular weight is 325 g/mol. The van der Waals surface area contributed by atoms with Crippen LogP contribution in [0.2, 0.25) is 0 Å². The molecule has 124 valence electrons. The maximum absolute atomic E-state index is 13.3. The summed E-state index contributed by atoms with van der Waals surface area (Å²) in [6.07, 6.45) is 0.727. The minimum absolute atomic E-state index is 0.122. The van der Waals surface area contributed by atoms with E-state index in [1.807, 2.05) is 0 Å². The van der Waals surface area contributed by atoms with Crippen LogP contribution in [0.25, 0.3) is 0 Å². The Bertz CT molecular complexity index is 616. The molecule has 0 spiro atoms. The number of rotatable bonds is 4. The molecule has 0 aliphatic carbocycles. The third kappa shape index (κ3) is 4.02. The molecule has 0 saturated carbocycles. The predicted molar refractivity (Wildman–Crippen MR) is 78.6 cm³/mol. The highest BCUT2D eigenvalue weighted by Crippen LogP contribution is 2.18. The zero-order valence-corrected chi connectivity index (χ0v) is 12.7. The second-order valence-electron chi connectivity index (χ2n) is 5.23. The molecule has 0 atom stereocenters. The second kappa shape index (κ2) is 7.17. The normalized spacial score (nSPS) is 14.6. The lowest BCUT2D eigenvalue weighted by Gasteiger charge is -2.34. The minimum Gasteiger partial charge on any atom is -0.342 e. The van der Waals surface area contributed by atoms with Crippen molar-refractivity contribution in [2.24, 2.45) is 0 Å². The molecular formula is C15H17F2N3O3. The third-order valence-electron chi connectivity index (χ3n) is 3.70. The van der Waals surface area contributed by atoms with E-state index in [9.17, 15) is 23.2 Å². The fraction of sp³-hybridized carbons (Fsp3) is 0.400. The molecule has 0 unspecified atom stereocenters. The van der Waals surface area contributed by atoms with Gasteiger partial charge < -0.3 is 14.7 Å². The molecule has 0 radical (unpaired) electrons. The summed E-state index contributed by atoms with van der Waals surface area (Å²) < 4.78 is 26.3. The monoisotopic (exact) mass is 325 g/mol. The van der Waals surface area contributed by atoms with Gasteiger partial charge in [-0.05, 0) is 12.1 Å². The van der Waals surface area contributed by atoms with Crippen LogP contribution in [0.15, 0.2) is 18.2 Å². The summed E-state index contributed by atoms with van der Waals surface area (Å²) in [5.74, 6) is -2.86. The van der Waals surface area contributed by atoms with Crippen LogP contribution in [0.3, 0.4) is 0 Å². The molecule has 1 aromatic carbocycles. The van der Waals surface area contributed by atoms with Gasteiger partial charge in [0.25, 0.3) is 0 Å². The molecule has 1 aromatic rings. The number of halogens is 2. The first kappa shape index (κ1) is 16.9. The van der Waals surface area contributed by atoms with Gasteiger partial charge >= 0.3 is 0 Å². The molecule has 2 rings (SSSR count). The molecule has 1 heterocycles. The van der Waals surface area contributed by atoms with Crippen molar-refractivity contribution in [2.75, 3.05) is 37.6 Å². The van der Waals surface area contributed by atoms with Gasteiger partial charge in [0, 0.05) is 44.9 Å². The average Bonchev–Trinajstić information content (AvgIpc) is 2.55. The third-order valence-corrected chi connectivity index (χ3v) is 3.70. The number of anilines is 1. The lowest BCUT2D eigenvalue weighted by atomic mass is 10.2. The topological polar surface area (TPSA) is 60.9 Å². The van der Waals surface area contributed by atoms with Gasteiger partial charge in [0.1, 0.15) is 6.54 Å². The molecule has 1 saturated heterocycles. The number of nitrogens with zero attached hydrogens (tertiary/aromatic N) is 3. The summed E-state index contributed by atoms with van der Waals surface area (Å²) in [6.45, 7) is 2.60. The number of amides is 3. The van der Waals surface area contributed by atoms with Gasteiger partial charge in [-0.2, -0.15) is 0 Å². The van der Waals surface area contributed by atoms with Crippen molar-refractivity contribution in [1.82, 2.24) is 9.80 Å². The molecular weight excluding hydrogens is 308 g/mol. The van der Waals surface area contributed by atoms with Crippen LogP contribution in [0, 0.1) is 11.6 Å². The number of hydrogen-bond acceptors (Lipinski definition) is 3. The van der Waals surface area contributed by atoms with E-state index in [0.717, 1.165) is 23.4 Å².